The summed E-state index contributed by atoms with van der Waals surface area (Å²) in [5.41, 5.74) is 0.205. The molecule has 1 N–H and O–H groups in total. The van der Waals surface area contributed by atoms with Crippen LogP contribution in [0.25, 0.3) is 0 Å². The summed E-state index contributed by atoms with van der Waals surface area (Å²) >= 11 is 0. The molecule has 80 valence electrons. The van der Waals surface area contributed by atoms with E-state index >= 15 is 0 Å². The van der Waals surface area contributed by atoms with Gasteiger partial charge < -0.3 is 5.11 Å². The van der Waals surface area contributed by atoms with E-state index in [-0.39, 0.29) is 18.6 Å². The number of rotatable bonds is 2. The monoisotopic (exact) mass is 214 g/mol. The van der Waals surface area contributed by atoms with E-state index in [4.69, 9.17) is 6.42 Å². The van der Waals surface area contributed by atoms with Crippen LogP contribution in [0.3, 0.4) is 0 Å². The van der Waals surface area contributed by atoms with Gasteiger partial charge in [-0.1, -0.05) is 18.1 Å². The van der Waals surface area contributed by atoms with Crippen molar-refractivity contribution < 1.29 is 14.7 Å². The molecule has 0 atom stereocenters. The van der Waals surface area contributed by atoms with E-state index in [9.17, 15) is 14.7 Å². The van der Waals surface area contributed by atoms with Crippen LogP contribution in [-0.2, 0) is 15.0 Å². The summed E-state index contributed by atoms with van der Waals surface area (Å²) < 4.78 is 0. The minimum Gasteiger partial charge on any atom is -0.481 e. The number of ketones is 1. The molecule has 1 aromatic carbocycles. The van der Waals surface area contributed by atoms with E-state index in [1.165, 1.54) is 0 Å². The molecule has 1 aromatic rings. The van der Waals surface area contributed by atoms with Crippen LogP contribution in [0.2, 0.25) is 0 Å². The third-order valence-electron chi connectivity index (χ3n) is 2.99. The number of carboxylic acids is 1. The van der Waals surface area contributed by atoms with Crippen molar-refractivity contribution in [1.29, 1.82) is 0 Å². The van der Waals surface area contributed by atoms with Crippen LogP contribution in [0, 0.1) is 12.3 Å². The number of Topliss-reactive ketones (excluding diaryl/α,β-unsaturated/α-hetero) is 1. The van der Waals surface area contributed by atoms with Gasteiger partial charge >= 0.3 is 5.97 Å². The molecule has 0 aliphatic heterocycles. The predicted octanol–water partition coefficient (Wildman–Crippen LogP) is 1.35. The van der Waals surface area contributed by atoms with Gasteiger partial charge in [0.2, 0.25) is 0 Å². The highest BCUT2D eigenvalue weighted by molar-refractivity contribution is 6.01. The topological polar surface area (TPSA) is 54.4 Å². The minimum atomic E-state index is -1.05. The van der Waals surface area contributed by atoms with Crippen molar-refractivity contribution >= 4 is 11.8 Å². The minimum absolute atomic E-state index is 0.0199. The van der Waals surface area contributed by atoms with Crippen LogP contribution in [0.1, 0.15) is 24.0 Å². The second kappa shape index (κ2) is 3.49. The first-order chi connectivity index (χ1) is 7.58. The van der Waals surface area contributed by atoms with E-state index in [0.717, 1.165) is 0 Å². The number of benzene rings is 1. The molecule has 0 bridgehead atoms. The lowest BCUT2D eigenvalue weighted by molar-refractivity contribution is -0.153. The first kappa shape index (κ1) is 10.4. The van der Waals surface area contributed by atoms with Crippen molar-refractivity contribution in [3.63, 3.8) is 0 Å². The van der Waals surface area contributed by atoms with Gasteiger partial charge in [0.15, 0.2) is 0 Å². The average molecular weight is 214 g/mol. The number of terminal acetylenes is 1. The summed E-state index contributed by atoms with van der Waals surface area (Å²) in [5, 5.41) is 9.21. The van der Waals surface area contributed by atoms with Gasteiger partial charge in [-0.3, -0.25) is 9.59 Å². The largest absolute Gasteiger partial charge is 0.481 e. The lowest BCUT2D eigenvalue weighted by atomic mass is 9.63. The van der Waals surface area contributed by atoms with Gasteiger partial charge in [-0.15, -0.1) is 6.42 Å². The molecule has 3 heteroatoms. The third kappa shape index (κ3) is 1.40. The molecule has 0 heterocycles. The molecule has 1 fully saturated rings. The van der Waals surface area contributed by atoms with Gasteiger partial charge in [-0.2, -0.15) is 0 Å². The number of hydrogen-bond donors (Lipinski definition) is 1. The number of carbonyl (C=O) groups excluding carboxylic acids is 1. The maximum Gasteiger partial charge on any atom is 0.315 e. The van der Waals surface area contributed by atoms with Crippen LogP contribution in [0.15, 0.2) is 24.3 Å². The summed E-state index contributed by atoms with van der Waals surface area (Å²) in [6.45, 7) is 0. The van der Waals surface area contributed by atoms with Crippen molar-refractivity contribution in [3.05, 3.63) is 35.4 Å². The molecule has 0 unspecified atom stereocenters. The quantitative estimate of drug-likeness (QED) is 0.756. The van der Waals surface area contributed by atoms with Crippen molar-refractivity contribution in [1.82, 2.24) is 0 Å². The maximum atomic E-state index is 11.2. The van der Waals surface area contributed by atoms with Gasteiger partial charge in [0.1, 0.15) is 11.2 Å². The zero-order chi connectivity index (χ0) is 11.8. The van der Waals surface area contributed by atoms with Crippen LogP contribution in [0.5, 0.6) is 0 Å². The molecule has 0 spiro atoms. The van der Waals surface area contributed by atoms with Crippen LogP contribution < -0.4 is 0 Å². The summed E-state index contributed by atoms with van der Waals surface area (Å²) in [7, 11) is 0. The van der Waals surface area contributed by atoms with Gasteiger partial charge in [0, 0.05) is 18.4 Å². The number of aliphatic carboxylic acids is 1. The summed E-state index contributed by atoms with van der Waals surface area (Å²) in [5.74, 6) is 1.48. The Morgan fingerprint density at radius 3 is 2.62 bits per heavy atom. The molecule has 0 amide bonds. The molecule has 0 saturated heterocycles. The predicted molar refractivity (Wildman–Crippen MR) is 57.9 cm³/mol. The zero-order valence-electron chi connectivity index (χ0n) is 8.56. The van der Waals surface area contributed by atoms with Crippen molar-refractivity contribution in [2.45, 2.75) is 18.3 Å². The highest BCUT2D eigenvalue weighted by Crippen LogP contribution is 2.41. The smallest absolute Gasteiger partial charge is 0.315 e. The fourth-order valence-corrected chi connectivity index (χ4v) is 2.01. The van der Waals surface area contributed by atoms with Crippen molar-refractivity contribution in [2.24, 2.45) is 0 Å². The van der Waals surface area contributed by atoms with Crippen LogP contribution in [-0.4, -0.2) is 16.9 Å². The highest BCUT2D eigenvalue weighted by Gasteiger charge is 2.51. The van der Waals surface area contributed by atoms with Gasteiger partial charge in [0.25, 0.3) is 0 Å². The molecular weight excluding hydrogens is 204 g/mol. The Kier molecular flexibility index (Phi) is 2.28. The van der Waals surface area contributed by atoms with Crippen molar-refractivity contribution in [3.8, 4) is 12.3 Å². The van der Waals surface area contributed by atoms with E-state index in [0.29, 0.717) is 11.1 Å². The Morgan fingerprint density at radius 1 is 1.44 bits per heavy atom. The molecule has 0 aromatic heterocycles. The fraction of sp³-hybridized carbons (Fsp3) is 0.231. The first-order valence-corrected chi connectivity index (χ1v) is 4.91. The van der Waals surface area contributed by atoms with E-state index < -0.39 is 11.4 Å². The molecule has 1 saturated carbocycles. The second-order valence-electron chi connectivity index (χ2n) is 4.00. The van der Waals surface area contributed by atoms with E-state index in [2.05, 4.69) is 5.92 Å². The van der Waals surface area contributed by atoms with Crippen LogP contribution in [0.4, 0.5) is 0 Å². The van der Waals surface area contributed by atoms with Gasteiger partial charge in [-0.25, -0.2) is 0 Å². The summed E-state index contributed by atoms with van der Waals surface area (Å²) in [6.07, 6.45) is 5.39. The van der Waals surface area contributed by atoms with Gasteiger partial charge in [0.05, 0.1) is 0 Å². The Morgan fingerprint density at radius 2 is 2.12 bits per heavy atom. The molecule has 3 nitrogen and oxygen atoms in total. The van der Waals surface area contributed by atoms with E-state index in [1.807, 2.05) is 0 Å². The highest BCUT2D eigenvalue weighted by atomic mass is 16.4. The summed E-state index contributed by atoms with van der Waals surface area (Å²) in [6, 6.07) is 6.83. The number of hydrogen-bond acceptors (Lipinski definition) is 2. The number of carbonyl (C=O) groups is 2. The standard InChI is InChI=1S/C13H10O3/c1-2-9-4-3-5-10(6-9)13(12(15)16)7-11(14)8-13/h1,3-6H,7-8H2,(H,15,16). The third-order valence-corrected chi connectivity index (χ3v) is 2.99. The van der Waals surface area contributed by atoms with Crippen LogP contribution >= 0.6 is 0 Å². The molecule has 1 aliphatic rings. The molecular formula is C13H10O3. The second-order valence-corrected chi connectivity index (χ2v) is 4.00. The number of carboxylic acid groups (broad SMARTS) is 1. The Labute approximate surface area is 93.1 Å². The van der Waals surface area contributed by atoms with Crippen molar-refractivity contribution in [2.75, 3.05) is 0 Å². The Bertz CT molecular complexity index is 500. The molecule has 16 heavy (non-hydrogen) atoms. The van der Waals surface area contributed by atoms with E-state index in [1.54, 1.807) is 24.3 Å². The molecule has 0 radical (unpaired) electrons. The Balaban J connectivity index is 2.45. The Hall–Kier alpha value is -2.08. The zero-order valence-corrected chi connectivity index (χ0v) is 8.56. The SMILES string of the molecule is C#Cc1cccc(C2(C(=O)O)CC(=O)C2)c1. The average Bonchev–Trinajstić information content (AvgIpc) is 2.24. The first-order valence-electron chi connectivity index (χ1n) is 4.91. The maximum absolute atomic E-state index is 11.2. The normalized spacial score (nSPS) is 17.3. The lowest BCUT2D eigenvalue weighted by Crippen LogP contribution is -2.48. The summed E-state index contributed by atoms with van der Waals surface area (Å²) in [4.78, 5) is 22.3. The lowest BCUT2D eigenvalue weighted by Gasteiger charge is -2.36. The van der Waals surface area contributed by atoms with Gasteiger partial charge in [-0.05, 0) is 17.7 Å². The molecule has 1 aliphatic carbocycles. The fourth-order valence-electron chi connectivity index (χ4n) is 2.01. The molecule has 2 rings (SSSR count).